The van der Waals surface area contributed by atoms with Crippen molar-refractivity contribution < 1.29 is 18.8 Å². The van der Waals surface area contributed by atoms with Crippen LogP contribution in [0.15, 0.2) is 67.0 Å². The van der Waals surface area contributed by atoms with Crippen LogP contribution in [0.4, 0.5) is 15.8 Å². The fourth-order valence-electron chi connectivity index (χ4n) is 4.96. The summed E-state index contributed by atoms with van der Waals surface area (Å²) in [6.45, 7) is 4.99. The number of carbonyl (C=O) groups excluding carboxylic acids is 3. The topological polar surface area (TPSA) is 97.9 Å². The molecular weight excluding hydrogens is 499 g/mol. The Morgan fingerprint density at radius 3 is 2.28 bits per heavy atom. The van der Waals surface area contributed by atoms with Gasteiger partial charge in [0.05, 0.1) is 11.4 Å². The largest absolute Gasteiger partial charge is 0.368 e. The number of hydrogen-bond acceptors (Lipinski definition) is 6. The van der Waals surface area contributed by atoms with Crippen LogP contribution in [0.5, 0.6) is 0 Å². The molecule has 2 aromatic carbocycles. The molecule has 2 aliphatic heterocycles. The van der Waals surface area contributed by atoms with E-state index in [9.17, 15) is 18.8 Å². The molecule has 3 heterocycles. The van der Waals surface area contributed by atoms with Crippen molar-refractivity contribution in [2.45, 2.75) is 6.42 Å². The Labute approximate surface area is 226 Å². The van der Waals surface area contributed by atoms with E-state index in [1.54, 1.807) is 47.6 Å². The van der Waals surface area contributed by atoms with E-state index in [2.05, 4.69) is 20.5 Å². The Morgan fingerprint density at radius 2 is 1.51 bits per heavy atom. The second-order valence-corrected chi connectivity index (χ2v) is 9.61. The molecule has 0 saturated carbocycles. The molecule has 2 saturated heterocycles. The van der Waals surface area contributed by atoms with Crippen LogP contribution in [-0.2, 0) is 0 Å². The van der Waals surface area contributed by atoms with E-state index in [0.29, 0.717) is 56.1 Å². The second-order valence-electron chi connectivity index (χ2n) is 9.61. The molecule has 202 valence electrons. The molecule has 3 aromatic rings. The number of hydrogen-bond donors (Lipinski definition) is 2. The van der Waals surface area contributed by atoms with Gasteiger partial charge in [-0.25, -0.2) is 4.39 Å². The van der Waals surface area contributed by atoms with Crippen LogP contribution >= 0.6 is 0 Å². The smallest absolute Gasteiger partial charge is 0.255 e. The van der Waals surface area contributed by atoms with E-state index in [1.807, 2.05) is 11.0 Å². The van der Waals surface area contributed by atoms with Crippen molar-refractivity contribution in [1.82, 2.24) is 20.1 Å². The molecular formula is C29H31FN6O3. The number of rotatable bonds is 5. The summed E-state index contributed by atoms with van der Waals surface area (Å²) in [7, 11) is 0. The van der Waals surface area contributed by atoms with Crippen LogP contribution in [-0.4, -0.2) is 84.9 Å². The van der Waals surface area contributed by atoms with E-state index in [0.717, 1.165) is 25.2 Å². The van der Waals surface area contributed by atoms with Gasteiger partial charge in [0.2, 0.25) is 0 Å². The zero-order chi connectivity index (χ0) is 27.2. The highest BCUT2D eigenvalue weighted by Crippen LogP contribution is 2.30. The number of piperazine rings is 1. The van der Waals surface area contributed by atoms with Crippen molar-refractivity contribution in [3.05, 3.63) is 89.5 Å². The summed E-state index contributed by atoms with van der Waals surface area (Å²) in [6.07, 6.45) is 3.94. The van der Waals surface area contributed by atoms with Crippen LogP contribution < -0.4 is 15.5 Å². The first-order valence-corrected chi connectivity index (χ1v) is 13.1. The second kappa shape index (κ2) is 12.0. The van der Waals surface area contributed by atoms with Gasteiger partial charge in [-0.1, -0.05) is 6.07 Å². The Morgan fingerprint density at radius 1 is 0.769 bits per heavy atom. The average molecular weight is 531 g/mol. The molecule has 0 aliphatic carbocycles. The molecule has 0 atom stereocenters. The lowest BCUT2D eigenvalue weighted by molar-refractivity contribution is 0.0734. The predicted octanol–water partition coefficient (Wildman–Crippen LogP) is 2.87. The SMILES string of the molecule is O=C(Nc1cc(C(=O)N2CCNCC2)ccc1N1CCCN(C(=O)c2ccncc2)CC1)c1cccc(F)c1. The number of pyridine rings is 1. The predicted molar refractivity (Wildman–Crippen MR) is 147 cm³/mol. The Kier molecular flexibility index (Phi) is 8.12. The number of benzene rings is 2. The van der Waals surface area contributed by atoms with Crippen LogP contribution in [0.1, 0.15) is 37.5 Å². The Bertz CT molecular complexity index is 1350. The molecule has 0 radical (unpaired) electrons. The number of nitrogens with one attached hydrogen (secondary N) is 2. The van der Waals surface area contributed by atoms with Crippen LogP contribution in [0.3, 0.4) is 0 Å². The molecule has 9 nitrogen and oxygen atoms in total. The van der Waals surface area contributed by atoms with E-state index >= 15 is 0 Å². The standard InChI is InChI=1S/C29H31FN6O3/c30-24-4-1-3-22(19-24)27(37)33-25-20-23(29(39)36-15-11-32-12-16-36)5-6-26(25)34-13-2-14-35(18-17-34)28(38)21-7-9-31-10-8-21/h1,3-10,19-20,32H,2,11-18H2,(H,33,37). The van der Waals surface area contributed by atoms with Crippen LogP contribution in [0.2, 0.25) is 0 Å². The molecule has 39 heavy (non-hydrogen) atoms. The molecule has 1 aromatic heterocycles. The zero-order valence-electron chi connectivity index (χ0n) is 21.6. The van der Waals surface area contributed by atoms with E-state index in [-0.39, 0.29) is 17.4 Å². The number of amides is 3. The number of aromatic nitrogens is 1. The summed E-state index contributed by atoms with van der Waals surface area (Å²) in [4.78, 5) is 49.0. The molecule has 2 aliphatic rings. The fraction of sp³-hybridized carbons (Fsp3) is 0.310. The normalized spacial score (nSPS) is 16.0. The van der Waals surface area contributed by atoms with Crippen molar-refractivity contribution in [1.29, 1.82) is 0 Å². The van der Waals surface area contributed by atoms with Gasteiger partial charge in [0.25, 0.3) is 17.7 Å². The number of nitrogens with zero attached hydrogens (tertiary/aromatic N) is 4. The first kappa shape index (κ1) is 26.3. The molecule has 0 spiro atoms. The molecule has 3 amide bonds. The maximum absolute atomic E-state index is 13.8. The van der Waals surface area contributed by atoms with Gasteiger partial charge in [0.15, 0.2) is 0 Å². The summed E-state index contributed by atoms with van der Waals surface area (Å²) in [5.74, 6) is -1.12. The molecule has 10 heteroatoms. The van der Waals surface area contributed by atoms with Crippen molar-refractivity contribution in [3.63, 3.8) is 0 Å². The van der Waals surface area contributed by atoms with E-state index in [4.69, 9.17) is 0 Å². The van der Waals surface area contributed by atoms with Crippen molar-refractivity contribution >= 4 is 29.1 Å². The monoisotopic (exact) mass is 530 g/mol. The first-order valence-electron chi connectivity index (χ1n) is 13.1. The summed E-state index contributed by atoms with van der Waals surface area (Å²) in [6, 6.07) is 14.2. The van der Waals surface area contributed by atoms with Crippen molar-refractivity contribution in [3.8, 4) is 0 Å². The van der Waals surface area contributed by atoms with Crippen molar-refractivity contribution in [2.75, 3.05) is 62.6 Å². The van der Waals surface area contributed by atoms with Gasteiger partial charge in [-0.2, -0.15) is 0 Å². The summed E-state index contributed by atoms with van der Waals surface area (Å²) in [5.41, 5.74) is 2.47. The molecule has 0 unspecified atom stereocenters. The van der Waals surface area contributed by atoms with Gasteiger partial charge in [-0.05, 0) is 55.0 Å². The maximum atomic E-state index is 13.8. The lowest BCUT2D eigenvalue weighted by Gasteiger charge is -2.29. The summed E-state index contributed by atoms with van der Waals surface area (Å²) < 4.78 is 13.8. The highest BCUT2D eigenvalue weighted by Gasteiger charge is 2.24. The lowest BCUT2D eigenvalue weighted by Crippen LogP contribution is -2.46. The van der Waals surface area contributed by atoms with Crippen LogP contribution in [0.25, 0.3) is 0 Å². The lowest BCUT2D eigenvalue weighted by atomic mass is 10.1. The van der Waals surface area contributed by atoms with Gasteiger partial charge in [-0.15, -0.1) is 0 Å². The summed E-state index contributed by atoms with van der Waals surface area (Å²) >= 11 is 0. The zero-order valence-corrected chi connectivity index (χ0v) is 21.6. The highest BCUT2D eigenvalue weighted by atomic mass is 19.1. The third-order valence-electron chi connectivity index (χ3n) is 7.03. The summed E-state index contributed by atoms with van der Waals surface area (Å²) in [5, 5.41) is 6.15. The van der Waals surface area contributed by atoms with Crippen LogP contribution in [0, 0.1) is 5.82 Å². The minimum atomic E-state index is -0.503. The van der Waals surface area contributed by atoms with Gasteiger partial charge >= 0.3 is 0 Å². The van der Waals surface area contributed by atoms with Gasteiger partial charge < -0.3 is 25.3 Å². The van der Waals surface area contributed by atoms with E-state index < -0.39 is 11.7 Å². The third-order valence-corrected chi connectivity index (χ3v) is 7.03. The maximum Gasteiger partial charge on any atom is 0.255 e. The molecule has 2 fully saturated rings. The highest BCUT2D eigenvalue weighted by molar-refractivity contribution is 6.07. The fourth-order valence-corrected chi connectivity index (χ4v) is 4.96. The first-order chi connectivity index (χ1) is 19.0. The van der Waals surface area contributed by atoms with Gasteiger partial charge in [-0.3, -0.25) is 19.4 Å². The molecule has 5 rings (SSSR count). The van der Waals surface area contributed by atoms with Gasteiger partial charge in [0, 0.05) is 81.4 Å². The minimum absolute atomic E-state index is 0.0455. The third kappa shape index (κ3) is 6.23. The van der Waals surface area contributed by atoms with Gasteiger partial charge in [0.1, 0.15) is 5.82 Å². The molecule has 0 bridgehead atoms. The average Bonchev–Trinajstić information content (AvgIpc) is 3.23. The van der Waals surface area contributed by atoms with E-state index in [1.165, 1.54) is 18.2 Å². The number of anilines is 2. The van der Waals surface area contributed by atoms with Crippen molar-refractivity contribution in [2.24, 2.45) is 0 Å². The Balaban J connectivity index is 1.40. The quantitative estimate of drug-likeness (QED) is 0.527. The molecule has 2 N–H and O–H groups in total. The Hall–Kier alpha value is -4.31. The number of halogens is 1. The minimum Gasteiger partial charge on any atom is -0.368 e. The number of carbonyl (C=O) groups is 3.